The monoisotopic (exact) mass is 628 g/mol. The Hall–Kier alpha value is -1.07. The molecular weight excluding hydrogens is 564 g/mol. The van der Waals surface area contributed by atoms with Gasteiger partial charge in [-0.2, -0.15) is 0 Å². The lowest BCUT2D eigenvalue weighted by atomic mass is 9.97. The molecule has 1 saturated heterocycles. The maximum Gasteiger partial charge on any atom is 0.334 e. The molecule has 0 saturated carbocycles. The minimum Gasteiger partial charge on any atom is -0.455 e. The molecule has 0 aromatic heterocycles. The van der Waals surface area contributed by atoms with E-state index in [4.69, 9.17) is 9.47 Å². The predicted octanol–water partition coefficient (Wildman–Crippen LogP) is 5.00. The summed E-state index contributed by atoms with van der Waals surface area (Å²) in [5.74, 6) is -0.410. The number of unbranched alkanes of at least 4 members (excludes halogenated alkanes) is 9. The predicted molar refractivity (Wildman–Crippen MR) is 171 cm³/mol. The average Bonchev–Trinajstić information content (AvgIpc) is 3.60. The Morgan fingerprint density at radius 3 is 1.84 bits per heavy atom. The highest BCUT2D eigenvalue weighted by molar-refractivity contribution is 5.90. The van der Waals surface area contributed by atoms with Gasteiger partial charge in [0, 0.05) is 12.0 Å². The van der Waals surface area contributed by atoms with Crippen LogP contribution in [0.1, 0.15) is 149 Å². The summed E-state index contributed by atoms with van der Waals surface area (Å²) in [6, 6.07) is 0. The van der Waals surface area contributed by atoms with E-state index in [1.807, 2.05) is 0 Å². The molecule has 258 valence electrons. The number of hydrogen-bond acceptors (Lipinski definition) is 9. The van der Waals surface area contributed by atoms with E-state index in [9.17, 15) is 35.4 Å². The lowest BCUT2D eigenvalue weighted by molar-refractivity contribution is -0.139. The fourth-order valence-electron chi connectivity index (χ4n) is 6.42. The van der Waals surface area contributed by atoms with Gasteiger partial charge in [-0.05, 0) is 77.2 Å². The molecule has 0 unspecified atom stereocenters. The van der Waals surface area contributed by atoms with Gasteiger partial charge in [-0.1, -0.05) is 71.1 Å². The fraction of sp³-hybridized carbons (Fsp3) is 0.914. The first-order valence-electron chi connectivity index (χ1n) is 17.8. The van der Waals surface area contributed by atoms with Crippen LogP contribution in [0.3, 0.4) is 0 Å². The van der Waals surface area contributed by atoms with Crippen molar-refractivity contribution in [2.45, 2.75) is 204 Å². The first kappa shape index (κ1) is 39.1. The second-order valence-electron chi connectivity index (χ2n) is 13.4. The summed E-state index contributed by atoms with van der Waals surface area (Å²) >= 11 is 0. The molecular formula is C35H64O9. The van der Waals surface area contributed by atoms with Crippen LogP contribution in [0, 0.1) is 0 Å². The van der Waals surface area contributed by atoms with Gasteiger partial charge >= 0.3 is 5.97 Å². The molecule has 0 bridgehead atoms. The van der Waals surface area contributed by atoms with E-state index in [-0.39, 0.29) is 37.6 Å². The van der Waals surface area contributed by atoms with Crippen molar-refractivity contribution >= 4 is 5.97 Å². The van der Waals surface area contributed by atoms with E-state index in [0.29, 0.717) is 44.1 Å². The van der Waals surface area contributed by atoms with Gasteiger partial charge in [-0.15, -0.1) is 0 Å². The molecule has 0 aromatic rings. The van der Waals surface area contributed by atoms with Gasteiger partial charge < -0.3 is 40.1 Å². The zero-order valence-electron chi connectivity index (χ0n) is 27.5. The fourth-order valence-corrected chi connectivity index (χ4v) is 6.42. The van der Waals surface area contributed by atoms with Crippen LogP contribution in [0.25, 0.3) is 0 Å². The number of rotatable bonds is 26. The third-order valence-electron chi connectivity index (χ3n) is 9.34. The van der Waals surface area contributed by atoms with Crippen molar-refractivity contribution in [1.29, 1.82) is 0 Å². The van der Waals surface area contributed by atoms with Crippen LogP contribution >= 0.6 is 0 Å². The van der Waals surface area contributed by atoms with E-state index in [0.717, 1.165) is 25.7 Å². The Kier molecular flexibility index (Phi) is 20.0. The molecule has 2 rings (SSSR count). The summed E-state index contributed by atoms with van der Waals surface area (Å²) < 4.78 is 11.1. The van der Waals surface area contributed by atoms with Crippen molar-refractivity contribution in [3.63, 3.8) is 0 Å². The molecule has 0 amide bonds. The van der Waals surface area contributed by atoms with Crippen LogP contribution in [-0.2, 0) is 14.3 Å². The van der Waals surface area contributed by atoms with Gasteiger partial charge in [-0.3, -0.25) is 0 Å². The molecule has 9 nitrogen and oxygen atoms in total. The summed E-state index contributed by atoms with van der Waals surface area (Å²) in [5, 5.41) is 62.3. The van der Waals surface area contributed by atoms with Gasteiger partial charge in [0.15, 0.2) is 0 Å². The smallest absolute Gasteiger partial charge is 0.334 e. The van der Waals surface area contributed by atoms with E-state index in [1.165, 1.54) is 51.4 Å². The molecule has 2 aliphatic heterocycles. The third kappa shape index (κ3) is 16.0. The van der Waals surface area contributed by atoms with Crippen LogP contribution in [0.15, 0.2) is 11.6 Å². The number of carbonyl (C=O) groups is 1. The molecule has 6 N–H and O–H groups in total. The quantitative estimate of drug-likeness (QED) is 0.0573. The van der Waals surface area contributed by atoms with Gasteiger partial charge in [0.2, 0.25) is 0 Å². The summed E-state index contributed by atoms with van der Waals surface area (Å²) in [7, 11) is 0. The highest BCUT2D eigenvalue weighted by atomic mass is 16.5. The van der Waals surface area contributed by atoms with Crippen LogP contribution in [0.5, 0.6) is 0 Å². The third-order valence-corrected chi connectivity index (χ3v) is 9.34. The zero-order chi connectivity index (χ0) is 32.3. The second-order valence-corrected chi connectivity index (χ2v) is 13.4. The van der Waals surface area contributed by atoms with Crippen molar-refractivity contribution in [2.75, 3.05) is 0 Å². The maximum atomic E-state index is 11.7. The van der Waals surface area contributed by atoms with Crippen molar-refractivity contribution in [1.82, 2.24) is 0 Å². The largest absolute Gasteiger partial charge is 0.455 e. The van der Waals surface area contributed by atoms with Crippen LogP contribution < -0.4 is 0 Å². The molecule has 2 heterocycles. The lowest BCUT2D eigenvalue weighted by Crippen LogP contribution is -2.31. The maximum absolute atomic E-state index is 11.7. The molecule has 44 heavy (non-hydrogen) atoms. The summed E-state index contributed by atoms with van der Waals surface area (Å²) in [4.78, 5) is 11.7. The lowest BCUT2D eigenvalue weighted by Gasteiger charge is -2.23. The van der Waals surface area contributed by atoms with E-state index in [2.05, 4.69) is 6.92 Å². The van der Waals surface area contributed by atoms with Crippen molar-refractivity contribution in [3.8, 4) is 0 Å². The van der Waals surface area contributed by atoms with Crippen LogP contribution in [-0.4, -0.2) is 91.5 Å². The highest BCUT2D eigenvalue weighted by Gasteiger charge is 2.31. The Labute approximate surface area is 266 Å². The van der Waals surface area contributed by atoms with Gasteiger partial charge in [0.05, 0.1) is 48.8 Å². The molecule has 0 aromatic carbocycles. The number of cyclic esters (lactones) is 1. The molecule has 1 fully saturated rings. The molecule has 9 heteroatoms. The highest BCUT2D eigenvalue weighted by Crippen LogP contribution is 2.28. The Morgan fingerprint density at radius 1 is 0.705 bits per heavy atom. The number of aliphatic hydroxyl groups excluding tert-OH is 6. The number of hydrogen-bond donors (Lipinski definition) is 6. The number of carbonyl (C=O) groups excluding carboxylic acids is 1. The number of ether oxygens (including phenoxy) is 2. The summed E-state index contributed by atoms with van der Waals surface area (Å²) in [5.41, 5.74) is 0.452. The molecule has 9 atom stereocenters. The molecule has 2 aliphatic rings. The van der Waals surface area contributed by atoms with Gasteiger partial charge in [0.1, 0.15) is 6.10 Å². The molecule has 0 radical (unpaired) electrons. The van der Waals surface area contributed by atoms with Crippen LogP contribution in [0.4, 0.5) is 0 Å². The zero-order valence-corrected chi connectivity index (χ0v) is 27.5. The van der Waals surface area contributed by atoms with Crippen LogP contribution in [0.2, 0.25) is 0 Å². The minimum absolute atomic E-state index is 0.0190. The Morgan fingerprint density at radius 2 is 1.25 bits per heavy atom. The van der Waals surface area contributed by atoms with Gasteiger partial charge in [-0.25, -0.2) is 4.79 Å². The van der Waals surface area contributed by atoms with Gasteiger partial charge in [0.25, 0.3) is 0 Å². The van der Waals surface area contributed by atoms with E-state index in [1.54, 1.807) is 13.0 Å². The second kappa shape index (κ2) is 22.5. The van der Waals surface area contributed by atoms with Crippen molar-refractivity contribution in [3.05, 3.63) is 11.6 Å². The van der Waals surface area contributed by atoms with Crippen molar-refractivity contribution < 1.29 is 44.9 Å². The Bertz CT molecular complexity index is 790. The first-order valence-corrected chi connectivity index (χ1v) is 17.8. The number of esters is 1. The number of aliphatic hydroxyl groups is 6. The average molecular weight is 629 g/mol. The normalized spacial score (nSPS) is 24.5. The molecule has 0 spiro atoms. The molecule has 0 aliphatic carbocycles. The van der Waals surface area contributed by atoms with E-state index >= 15 is 0 Å². The summed E-state index contributed by atoms with van der Waals surface area (Å²) in [6.45, 7) is 3.99. The standard InChI is InChI=1S/C35H64O9/c1-3-4-5-6-7-8-9-10-11-12-15-29(37)32(40)20-21-33(41)34-22-18-28(44-34)14-13-16-30(38)31(39)19-17-27(36)24-26-23-25(2)43-35(26)42/h23,25,27-34,36-41H,3-22,24H2,1-2H3/t25-,27+,28+,29-,30-,31+,32-,33-,34-/m0/s1. The Balaban J connectivity index is 1.50. The summed E-state index contributed by atoms with van der Waals surface area (Å²) in [6.07, 6.45) is 13.8. The van der Waals surface area contributed by atoms with Crippen molar-refractivity contribution in [2.24, 2.45) is 0 Å². The minimum atomic E-state index is -0.959. The SMILES string of the molecule is CCCCCCCCCCCC[C@H](O)[C@@H](O)CC[C@H](O)[C@@H]1CC[C@@H](CCC[C@H](O)[C@H](O)CC[C@@H](O)CC2=C[C@H](C)OC2=O)O1. The first-order chi connectivity index (χ1) is 21.1. The topological polar surface area (TPSA) is 157 Å². The van der Waals surface area contributed by atoms with E-state index < -0.39 is 42.6 Å².